The zero-order valence-electron chi connectivity index (χ0n) is 12.5. The number of carbonyl (C=O) groups is 1. The van der Waals surface area contributed by atoms with Crippen LogP contribution in [-0.4, -0.2) is 36.4 Å². The number of alkyl halides is 2. The number of ether oxygens (including phenoxy) is 2. The second-order valence-electron chi connectivity index (χ2n) is 5.77. The van der Waals surface area contributed by atoms with Crippen molar-refractivity contribution in [2.24, 2.45) is 5.92 Å². The molecule has 1 aliphatic heterocycles. The molecule has 0 spiro atoms. The van der Waals surface area contributed by atoms with Gasteiger partial charge in [-0.25, -0.2) is 9.78 Å². The van der Waals surface area contributed by atoms with Crippen molar-refractivity contribution < 1.29 is 23.0 Å². The van der Waals surface area contributed by atoms with E-state index in [2.05, 4.69) is 20.4 Å². The lowest BCUT2D eigenvalue weighted by Crippen LogP contribution is -2.37. The predicted octanol–water partition coefficient (Wildman–Crippen LogP) is 2.05. The van der Waals surface area contributed by atoms with Crippen molar-refractivity contribution in [1.82, 2.24) is 15.6 Å². The minimum atomic E-state index is -2.92. The lowest BCUT2D eigenvalue weighted by molar-refractivity contribution is -0.0529. The average Bonchev–Trinajstić information content (AvgIpc) is 3.05. The first kappa shape index (κ1) is 15.9. The van der Waals surface area contributed by atoms with E-state index in [-0.39, 0.29) is 30.6 Å². The van der Waals surface area contributed by atoms with Crippen molar-refractivity contribution in [3.05, 3.63) is 23.9 Å². The van der Waals surface area contributed by atoms with Crippen LogP contribution in [0.15, 0.2) is 18.3 Å². The molecule has 6 nitrogen and oxygen atoms in total. The van der Waals surface area contributed by atoms with Crippen LogP contribution >= 0.6 is 0 Å². The molecule has 1 aromatic rings. The summed E-state index contributed by atoms with van der Waals surface area (Å²) in [5.41, 5.74) is 0.636. The number of aromatic nitrogens is 1. The van der Waals surface area contributed by atoms with Gasteiger partial charge in [0.05, 0.1) is 6.10 Å². The topological polar surface area (TPSA) is 72.5 Å². The largest absolute Gasteiger partial charge is 0.417 e. The molecule has 2 heterocycles. The third-order valence-electron chi connectivity index (χ3n) is 4.06. The zero-order chi connectivity index (χ0) is 16.2. The van der Waals surface area contributed by atoms with Gasteiger partial charge in [-0.05, 0) is 30.9 Å². The van der Waals surface area contributed by atoms with Crippen LogP contribution in [-0.2, 0) is 11.3 Å². The number of carbonyl (C=O) groups excluding carboxylic acids is 1. The molecule has 3 atom stereocenters. The Morgan fingerprint density at radius 1 is 1.52 bits per heavy atom. The molecule has 2 N–H and O–H groups in total. The van der Waals surface area contributed by atoms with Gasteiger partial charge < -0.3 is 20.1 Å². The number of halogens is 2. The van der Waals surface area contributed by atoms with Gasteiger partial charge in [-0.3, -0.25) is 0 Å². The molecule has 1 aromatic heterocycles. The molecule has 1 saturated carbocycles. The first-order chi connectivity index (χ1) is 11.1. The monoisotopic (exact) mass is 327 g/mol. The number of nitrogens with zero attached hydrogens (tertiary/aromatic N) is 1. The smallest absolute Gasteiger partial charge is 0.388 e. The molecule has 2 aliphatic rings. The molecule has 126 valence electrons. The van der Waals surface area contributed by atoms with Crippen molar-refractivity contribution >= 4 is 6.03 Å². The van der Waals surface area contributed by atoms with E-state index in [1.54, 1.807) is 6.07 Å². The Kier molecular flexibility index (Phi) is 4.90. The SMILES string of the molecule is O=C(NCc1ccnc(OC(F)F)c1)NC1CC1C1CCCO1. The van der Waals surface area contributed by atoms with Gasteiger partial charge in [0.15, 0.2) is 0 Å². The van der Waals surface area contributed by atoms with Gasteiger partial charge in [-0.15, -0.1) is 0 Å². The summed E-state index contributed by atoms with van der Waals surface area (Å²) in [5.74, 6) is 0.246. The van der Waals surface area contributed by atoms with Gasteiger partial charge in [0, 0.05) is 37.4 Å². The van der Waals surface area contributed by atoms with E-state index in [1.165, 1.54) is 12.3 Å². The number of nitrogens with one attached hydrogen (secondary N) is 2. The van der Waals surface area contributed by atoms with Crippen LogP contribution in [0.25, 0.3) is 0 Å². The van der Waals surface area contributed by atoms with Gasteiger partial charge in [0.2, 0.25) is 5.88 Å². The summed E-state index contributed by atoms with van der Waals surface area (Å²) in [4.78, 5) is 15.5. The number of amides is 2. The van der Waals surface area contributed by atoms with E-state index < -0.39 is 6.61 Å². The van der Waals surface area contributed by atoms with Crippen molar-refractivity contribution in [3.8, 4) is 5.88 Å². The first-order valence-electron chi connectivity index (χ1n) is 7.67. The second-order valence-corrected chi connectivity index (χ2v) is 5.77. The summed E-state index contributed by atoms with van der Waals surface area (Å²) in [6, 6.07) is 2.89. The normalized spacial score (nSPS) is 26.1. The summed E-state index contributed by atoms with van der Waals surface area (Å²) in [5, 5.41) is 5.60. The minimum Gasteiger partial charge on any atom is -0.417 e. The fraction of sp³-hybridized carbons (Fsp3) is 0.600. The maximum atomic E-state index is 12.1. The van der Waals surface area contributed by atoms with Gasteiger partial charge in [0.25, 0.3) is 0 Å². The number of rotatable bonds is 6. The van der Waals surface area contributed by atoms with Crippen LogP contribution in [0.2, 0.25) is 0 Å². The van der Waals surface area contributed by atoms with Crippen LogP contribution < -0.4 is 15.4 Å². The summed E-state index contributed by atoms with van der Waals surface area (Å²) in [7, 11) is 0. The average molecular weight is 327 g/mol. The van der Waals surface area contributed by atoms with E-state index in [4.69, 9.17) is 4.74 Å². The van der Waals surface area contributed by atoms with Crippen molar-refractivity contribution in [3.63, 3.8) is 0 Å². The van der Waals surface area contributed by atoms with Crippen LogP contribution in [0.1, 0.15) is 24.8 Å². The van der Waals surface area contributed by atoms with Gasteiger partial charge in [-0.1, -0.05) is 0 Å². The number of urea groups is 1. The highest BCUT2D eigenvalue weighted by Crippen LogP contribution is 2.39. The Morgan fingerprint density at radius 3 is 3.13 bits per heavy atom. The molecule has 2 amide bonds. The summed E-state index contributed by atoms with van der Waals surface area (Å²) in [6.45, 7) is -1.89. The second kappa shape index (κ2) is 7.08. The molecular weight excluding hydrogens is 308 g/mol. The van der Waals surface area contributed by atoms with E-state index >= 15 is 0 Å². The highest BCUT2D eigenvalue weighted by molar-refractivity contribution is 5.74. The highest BCUT2D eigenvalue weighted by atomic mass is 19.3. The summed E-state index contributed by atoms with van der Waals surface area (Å²) < 4.78 is 34.1. The maximum absolute atomic E-state index is 12.1. The summed E-state index contributed by atoms with van der Waals surface area (Å²) in [6.07, 6.45) is 4.73. The molecule has 23 heavy (non-hydrogen) atoms. The third-order valence-corrected chi connectivity index (χ3v) is 4.06. The zero-order valence-corrected chi connectivity index (χ0v) is 12.5. The number of pyridine rings is 1. The summed E-state index contributed by atoms with van der Waals surface area (Å²) >= 11 is 0. The number of hydrogen-bond acceptors (Lipinski definition) is 4. The van der Waals surface area contributed by atoms with Gasteiger partial charge in [-0.2, -0.15) is 8.78 Å². The highest BCUT2D eigenvalue weighted by Gasteiger charge is 2.45. The molecule has 0 bridgehead atoms. The fourth-order valence-corrected chi connectivity index (χ4v) is 2.85. The Bertz CT molecular complexity index is 553. The Balaban J connectivity index is 1.41. The van der Waals surface area contributed by atoms with Gasteiger partial charge >= 0.3 is 12.6 Å². The van der Waals surface area contributed by atoms with Crippen molar-refractivity contribution in [1.29, 1.82) is 0 Å². The maximum Gasteiger partial charge on any atom is 0.388 e. The third kappa shape index (κ3) is 4.51. The van der Waals surface area contributed by atoms with E-state index in [1.807, 2.05) is 0 Å². The van der Waals surface area contributed by atoms with Gasteiger partial charge in [0.1, 0.15) is 0 Å². The standard InChI is InChI=1S/C15H19F2N3O3/c16-14(17)23-13-6-9(3-4-18-13)8-19-15(21)20-11-7-10(11)12-2-1-5-22-12/h3-4,6,10-12,14H,1-2,5,7-8H2,(H2,19,20,21). The molecule has 3 unspecified atom stereocenters. The molecule has 0 radical (unpaired) electrons. The fourth-order valence-electron chi connectivity index (χ4n) is 2.85. The Morgan fingerprint density at radius 2 is 2.39 bits per heavy atom. The lowest BCUT2D eigenvalue weighted by Gasteiger charge is -2.11. The van der Waals surface area contributed by atoms with E-state index in [9.17, 15) is 13.6 Å². The van der Waals surface area contributed by atoms with Crippen LogP contribution in [0.4, 0.5) is 13.6 Å². The Hall–Kier alpha value is -1.96. The molecule has 0 aromatic carbocycles. The molecule has 3 rings (SSSR count). The van der Waals surface area contributed by atoms with Crippen molar-refractivity contribution in [2.45, 2.75) is 44.6 Å². The Labute approximate surface area is 132 Å². The first-order valence-corrected chi connectivity index (χ1v) is 7.67. The predicted molar refractivity (Wildman–Crippen MR) is 77.1 cm³/mol. The molecule has 1 saturated heterocycles. The quantitative estimate of drug-likeness (QED) is 0.839. The minimum absolute atomic E-state index is 0.160. The van der Waals surface area contributed by atoms with E-state index in [0.717, 1.165) is 25.9 Å². The van der Waals surface area contributed by atoms with Crippen molar-refractivity contribution in [2.75, 3.05) is 6.61 Å². The van der Waals surface area contributed by atoms with Crippen LogP contribution in [0, 0.1) is 5.92 Å². The molecule has 1 aliphatic carbocycles. The van der Waals surface area contributed by atoms with Crippen LogP contribution in [0.5, 0.6) is 5.88 Å². The molecule has 8 heteroatoms. The molecule has 2 fully saturated rings. The number of hydrogen-bond donors (Lipinski definition) is 2. The lowest BCUT2D eigenvalue weighted by atomic mass is 10.1. The molecular formula is C15H19F2N3O3. The van der Waals surface area contributed by atoms with E-state index in [0.29, 0.717) is 11.5 Å². The van der Waals surface area contributed by atoms with Crippen LogP contribution in [0.3, 0.4) is 0 Å².